The van der Waals surface area contributed by atoms with Crippen molar-refractivity contribution in [3.63, 3.8) is 0 Å². The predicted molar refractivity (Wildman–Crippen MR) is 70.6 cm³/mol. The topological polar surface area (TPSA) is 83.7 Å². The summed E-state index contributed by atoms with van der Waals surface area (Å²) in [6.07, 6.45) is 1.89. The molecule has 0 atom stereocenters. The highest BCUT2D eigenvalue weighted by Gasteiger charge is 2.29. The van der Waals surface area contributed by atoms with Gasteiger partial charge in [-0.2, -0.15) is 0 Å². The van der Waals surface area contributed by atoms with Crippen LogP contribution in [0.5, 0.6) is 0 Å². The standard InChI is InChI=1S/C12H12ClFN2O4/c13-8-3-11(16(19)20)10(4-9(8)14)15(6-12(17)18)5-7-1-2-7/h3-4,7H,1-2,5-6H2,(H,17,18). The molecular weight excluding hydrogens is 291 g/mol. The van der Waals surface area contributed by atoms with Crippen LogP contribution in [0.4, 0.5) is 15.8 Å². The van der Waals surface area contributed by atoms with Crippen molar-refractivity contribution in [3.05, 3.63) is 33.1 Å². The van der Waals surface area contributed by atoms with Crippen molar-refractivity contribution >= 4 is 28.9 Å². The van der Waals surface area contributed by atoms with Crippen LogP contribution in [0.2, 0.25) is 5.02 Å². The van der Waals surface area contributed by atoms with Crippen LogP contribution in [0.1, 0.15) is 12.8 Å². The van der Waals surface area contributed by atoms with Crippen molar-refractivity contribution < 1.29 is 19.2 Å². The molecule has 0 bridgehead atoms. The first-order chi connectivity index (χ1) is 9.38. The molecule has 20 heavy (non-hydrogen) atoms. The SMILES string of the molecule is O=C(O)CN(CC1CC1)c1cc(F)c(Cl)cc1[N+](=O)[O-]. The number of nitro benzene ring substituents is 1. The van der Waals surface area contributed by atoms with Crippen LogP contribution in [-0.2, 0) is 4.79 Å². The van der Waals surface area contributed by atoms with E-state index < -0.39 is 28.9 Å². The summed E-state index contributed by atoms with van der Waals surface area (Å²) in [4.78, 5) is 22.5. The van der Waals surface area contributed by atoms with Gasteiger partial charge in [0, 0.05) is 18.7 Å². The van der Waals surface area contributed by atoms with E-state index in [-0.39, 0.29) is 10.7 Å². The highest BCUT2D eigenvalue weighted by Crippen LogP contribution is 2.36. The van der Waals surface area contributed by atoms with Crippen molar-refractivity contribution in [1.82, 2.24) is 0 Å². The summed E-state index contributed by atoms with van der Waals surface area (Å²) in [7, 11) is 0. The van der Waals surface area contributed by atoms with Gasteiger partial charge in [0.25, 0.3) is 5.69 Å². The van der Waals surface area contributed by atoms with Gasteiger partial charge in [0.2, 0.25) is 0 Å². The number of benzene rings is 1. The van der Waals surface area contributed by atoms with Crippen LogP contribution < -0.4 is 4.90 Å². The van der Waals surface area contributed by atoms with Crippen LogP contribution >= 0.6 is 11.6 Å². The molecule has 8 heteroatoms. The van der Waals surface area contributed by atoms with Gasteiger partial charge in [-0.3, -0.25) is 14.9 Å². The normalized spacial score (nSPS) is 14.1. The van der Waals surface area contributed by atoms with Gasteiger partial charge < -0.3 is 10.0 Å². The maximum atomic E-state index is 13.5. The van der Waals surface area contributed by atoms with E-state index in [4.69, 9.17) is 16.7 Å². The molecule has 0 radical (unpaired) electrons. The average Bonchev–Trinajstić information content (AvgIpc) is 3.14. The van der Waals surface area contributed by atoms with Crippen LogP contribution in [0, 0.1) is 21.8 Å². The molecule has 1 aliphatic rings. The molecule has 0 heterocycles. The molecule has 0 spiro atoms. The molecular formula is C12H12ClFN2O4. The average molecular weight is 303 g/mol. The number of carboxylic acids is 1. The Morgan fingerprint density at radius 1 is 1.55 bits per heavy atom. The number of nitrogens with zero attached hydrogens (tertiary/aromatic N) is 2. The highest BCUT2D eigenvalue weighted by molar-refractivity contribution is 6.31. The summed E-state index contributed by atoms with van der Waals surface area (Å²) in [5.41, 5.74) is -0.440. The zero-order valence-corrected chi connectivity index (χ0v) is 11.1. The fraction of sp³-hybridized carbons (Fsp3) is 0.417. The Hall–Kier alpha value is -1.89. The van der Waals surface area contributed by atoms with Crippen LogP contribution in [-0.4, -0.2) is 29.1 Å². The van der Waals surface area contributed by atoms with Gasteiger partial charge in [0.05, 0.1) is 9.95 Å². The Morgan fingerprint density at radius 3 is 2.70 bits per heavy atom. The number of anilines is 1. The van der Waals surface area contributed by atoms with E-state index in [9.17, 15) is 19.3 Å². The first-order valence-corrected chi connectivity index (χ1v) is 6.36. The quantitative estimate of drug-likeness (QED) is 0.645. The molecule has 0 amide bonds. The lowest BCUT2D eigenvalue weighted by Gasteiger charge is -2.22. The zero-order valence-electron chi connectivity index (χ0n) is 10.4. The lowest BCUT2D eigenvalue weighted by Crippen LogP contribution is -2.32. The number of hydrogen-bond acceptors (Lipinski definition) is 4. The summed E-state index contributed by atoms with van der Waals surface area (Å²) in [6, 6.07) is 1.83. The van der Waals surface area contributed by atoms with E-state index in [0.29, 0.717) is 12.5 Å². The summed E-state index contributed by atoms with van der Waals surface area (Å²) in [5.74, 6) is -1.64. The molecule has 1 aromatic rings. The largest absolute Gasteiger partial charge is 0.480 e. The van der Waals surface area contributed by atoms with Gasteiger partial charge in [-0.15, -0.1) is 0 Å². The van der Waals surface area contributed by atoms with Crippen LogP contribution in [0.15, 0.2) is 12.1 Å². The van der Waals surface area contributed by atoms with E-state index in [2.05, 4.69) is 0 Å². The molecule has 1 fully saturated rings. The maximum absolute atomic E-state index is 13.5. The molecule has 2 rings (SSSR count). The predicted octanol–water partition coefficient (Wildman–Crippen LogP) is 2.69. The van der Waals surface area contributed by atoms with E-state index in [0.717, 1.165) is 25.0 Å². The molecule has 108 valence electrons. The lowest BCUT2D eigenvalue weighted by molar-refractivity contribution is -0.384. The monoisotopic (exact) mass is 302 g/mol. The second-order valence-electron chi connectivity index (χ2n) is 4.73. The third kappa shape index (κ3) is 3.36. The Balaban J connectivity index is 2.41. The Kier molecular flexibility index (Phi) is 4.08. The Bertz CT molecular complexity index is 563. The van der Waals surface area contributed by atoms with Crippen LogP contribution in [0.3, 0.4) is 0 Å². The zero-order chi connectivity index (χ0) is 14.9. The fourth-order valence-corrected chi connectivity index (χ4v) is 2.11. The van der Waals surface area contributed by atoms with E-state index in [1.807, 2.05) is 0 Å². The molecule has 1 aromatic carbocycles. The lowest BCUT2D eigenvalue weighted by atomic mass is 10.2. The number of hydrogen-bond donors (Lipinski definition) is 1. The third-order valence-corrected chi connectivity index (χ3v) is 3.35. The van der Waals surface area contributed by atoms with Gasteiger partial charge in [0.15, 0.2) is 0 Å². The smallest absolute Gasteiger partial charge is 0.323 e. The fourth-order valence-electron chi connectivity index (χ4n) is 1.95. The molecule has 1 N–H and O–H groups in total. The molecule has 1 saturated carbocycles. The molecule has 6 nitrogen and oxygen atoms in total. The van der Waals surface area contributed by atoms with Gasteiger partial charge >= 0.3 is 5.97 Å². The van der Waals surface area contributed by atoms with Crippen molar-refractivity contribution in [2.24, 2.45) is 5.92 Å². The molecule has 0 aliphatic heterocycles. The Labute approximate surface area is 118 Å². The summed E-state index contributed by atoms with van der Waals surface area (Å²) < 4.78 is 13.5. The van der Waals surface area contributed by atoms with E-state index in [1.54, 1.807) is 0 Å². The molecule has 0 unspecified atom stereocenters. The van der Waals surface area contributed by atoms with Gasteiger partial charge in [-0.05, 0) is 18.8 Å². The van der Waals surface area contributed by atoms with E-state index in [1.165, 1.54) is 4.90 Å². The third-order valence-electron chi connectivity index (χ3n) is 3.06. The summed E-state index contributed by atoms with van der Waals surface area (Å²) >= 11 is 5.54. The number of halogens is 2. The second kappa shape index (κ2) is 5.62. The van der Waals surface area contributed by atoms with Gasteiger partial charge in [-0.25, -0.2) is 4.39 Å². The highest BCUT2D eigenvalue weighted by atomic mass is 35.5. The van der Waals surface area contributed by atoms with Crippen molar-refractivity contribution in [3.8, 4) is 0 Å². The summed E-state index contributed by atoms with van der Waals surface area (Å²) in [6.45, 7) is -0.0629. The molecule has 0 saturated heterocycles. The van der Waals surface area contributed by atoms with Crippen LogP contribution in [0.25, 0.3) is 0 Å². The minimum atomic E-state index is -1.13. The maximum Gasteiger partial charge on any atom is 0.323 e. The minimum Gasteiger partial charge on any atom is -0.480 e. The first kappa shape index (κ1) is 14.5. The van der Waals surface area contributed by atoms with Gasteiger partial charge in [0.1, 0.15) is 18.0 Å². The summed E-state index contributed by atoms with van der Waals surface area (Å²) in [5, 5.41) is 19.6. The number of nitro groups is 1. The van der Waals surface area contributed by atoms with Gasteiger partial charge in [-0.1, -0.05) is 11.6 Å². The number of carboxylic acid groups (broad SMARTS) is 1. The Morgan fingerprint density at radius 2 is 2.20 bits per heavy atom. The number of rotatable bonds is 6. The number of carbonyl (C=O) groups is 1. The van der Waals surface area contributed by atoms with Crippen molar-refractivity contribution in [1.29, 1.82) is 0 Å². The van der Waals surface area contributed by atoms with E-state index >= 15 is 0 Å². The minimum absolute atomic E-state index is 0.0498. The number of aliphatic carboxylic acids is 1. The molecule has 0 aromatic heterocycles. The van der Waals surface area contributed by atoms with Crippen molar-refractivity contribution in [2.45, 2.75) is 12.8 Å². The van der Waals surface area contributed by atoms with Crippen molar-refractivity contribution in [2.75, 3.05) is 18.0 Å². The first-order valence-electron chi connectivity index (χ1n) is 5.98. The molecule has 1 aliphatic carbocycles. The second-order valence-corrected chi connectivity index (χ2v) is 5.14.